The van der Waals surface area contributed by atoms with Crippen LogP contribution in [0.3, 0.4) is 0 Å². The summed E-state index contributed by atoms with van der Waals surface area (Å²) in [6, 6.07) is 61.7. The number of benzene rings is 8. The van der Waals surface area contributed by atoms with E-state index in [1.54, 1.807) is 0 Å². The topological polar surface area (TPSA) is 77.8 Å². The number of fused-ring (bicyclic) bond motifs is 5. The first-order valence-electron chi connectivity index (χ1n) is 18.5. The summed E-state index contributed by atoms with van der Waals surface area (Å²) in [5.41, 5.74) is 10.8. The summed E-state index contributed by atoms with van der Waals surface area (Å²) in [7, 11) is 0. The molecule has 11 aromatic rings. The Morgan fingerprint density at radius 3 is 1.62 bits per heavy atom. The quantitative estimate of drug-likeness (QED) is 0.170. The van der Waals surface area contributed by atoms with Gasteiger partial charge in [0, 0.05) is 44.2 Å². The molecular weight excluding hydrogens is 689 g/mol. The number of para-hydroxylation sites is 2. The molecule has 0 aliphatic rings. The van der Waals surface area contributed by atoms with Crippen molar-refractivity contribution in [2.24, 2.45) is 0 Å². The van der Waals surface area contributed by atoms with E-state index in [4.69, 9.17) is 28.8 Å². The lowest BCUT2D eigenvalue weighted by molar-refractivity contribution is 0.621. The predicted molar refractivity (Wildman–Crippen MR) is 225 cm³/mol. The minimum absolute atomic E-state index is 0.573. The molecule has 3 aromatic heterocycles. The fraction of sp³-hybridized carbons (Fsp3) is 0. The highest BCUT2D eigenvalue weighted by Gasteiger charge is 2.20. The standard InChI is InChI=1S/C50H30N4O2/c1-4-13-31(14-5-1)35-26-25-32-19-10-23-41(42(32)29-35)50-51-43-24-12-22-40(46(43)56-50)39-21-11-20-38-37-28-27-36(30-44(37)55-45(38)39)49-53-47(33-15-6-2-7-16-33)52-48(54-49)34-17-8-3-9-18-34/h1-30H. The Labute approximate surface area is 321 Å². The SMILES string of the molecule is c1ccc(-c2ccc3cccc(-c4nc5cccc(-c6cccc7c6oc6cc(-c8nc(-c9ccccc9)nc(-c9ccccc9)n8)ccc67)c5o4)c3c2)cc1. The van der Waals surface area contributed by atoms with Gasteiger partial charge in [0.15, 0.2) is 23.1 Å². The van der Waals surface area contributed by atoms with Gasteiger partial charge in [0.25, 0.3) is 0 Å². The van der Waals surface area contributed by atoms with Crippen molar-refractivity contribution in [2.45, 2.75) is 0 Å². The Morgan fingerprint density at radius 1 is 0.321 bits per heavy atom. The number of hydrogen-bond acceptors (Lipinski definition) is 6. The van der Waals surface area contributed by atoms with E-state index in [-0.39, 0.29) is 0 Å². The van der Waals surface area contributed by atoms with Crippen LogP contribution in [0.2, 0.25) is 0 Å². The number of oxazole rings is 1. The molecule has 0 amide bonds. The molecule has 3 heterocycles. The van der Waals surface area contributed by atoms with Crippen molar-refractivity contribution in [1.82, 2.24) is 19.9 Å². The molecule has 0 bridgehead atoms. The second kappa shape index (κ2) is 13.0. The summed E-state index contributed by atoms with van der Waals surface area (Å²) in [6.07, 6.45) is 0. The molecule has 262 valence electrons. The molecule has 0 radical (unpaired) electrons. The Morgan fingerprint density at radius 2 is 0.911 bits per heavy atom. The molecule has 11 rings (SSSR count). The zero-order valence-electron chi connectivity index (χ0n) is 29.9. The maximum atomic E-state index is 6.75. The third kappa shape index (κ3) is 5.43. The Balaban J connectivity index is 1.03. The number of aromatic nitrogens is 4. The summed E-state index contributed by atoms with van der Waals surface area (Å²) in [5.74, 6) is 2.37. The maximum absolute atomic E-state index is 6.75. The first-order chi connectivity index (χ1) is 27.7. The Bertz CT molecular complexity index is 3190. The normalized spacial score (nSPS) is 11.6. The highest BCUT2D eigenvalue weighted by molar-refractivity contribution is 6.12. The van der Waals surface area contributed by atoms with Gasteiger partial charge in [0.2, 0.25) is 5.89 Å². The third-order valence-electron chi connectivity index (χ3n) is 10.4. The van der Waals surface area contributed by atoms with E-state index in [1.165, 1.54) is 0 Å². The fourth-order valence-electron chi connectivity index (χ4n) is 7.63. The van der Waals surface area contributed by atoms with E-state index in [9.17, 15) is 0 Å². The Kier molecular flexibility index (Phi) is 7.38. The first-order valence-corrected chi connectivity index (χ1v) is 18.5. The summed E-state index contributed by atoms with van der Waals surface area (Å²) >= 11 is 0. The summed E-state index contributed by atoms with van der Waals surface area (Å²) < 4.78 is 13.5. The highest BCUT2D eigenvalue weighted by Crippen LogP contribution is 2.41. The smallest absolute Gasteiger partial charge is 0.227 e. The van der Waals surface area contributed by atoms with Gasteiger partial charge in [-0.15, -0.1) is 0 Å². The van der Waals surface area contributed by atoms with Gasteiger partial charge in [-0.25, -0.2) is 19.9 Å². The van der Waals surface area contributed by atoms with E-state index in [0.717, 1.165) is 82.7 Å². The largest absolute Gasteiger partial charge is 0.455 e. The number of furan rings is 1. The number of hydrogen-bond donors (Lipinski definition) is 0. The number of rotatable bonds is 6. The van der Waals surface area contributed by atoms with Crippen molar-refractivity contribution < 1.29 is 8.83 Å². The molecule has 0 N–H and O–H groups in total. The van der Waals surface area contributed by atoms with Gasteiger partial charge in [-0.05, 0) is 52.2 Å². The van der Waals surface area contributed by atoms with Crippen molar-refractivity contribution >= 4 is 43.8 Å². The van der Waals surface area contributed by atoms with Crippen LogP contribution in [0, 0.1) is 0 Å². The van der Waals surface area contributed by atoms with Crippen molar-refractivity contribution in [3.8, 4) is 67.9 Å². The van der Waals surface area contributed by atoms with E-state index >= 15 is 0 Å². The fourth-order valence-corrected chi connectivity index (χ4v) is 7.63. The zero-order valence-corrected chi connectivity index (χ0v) is 29.9. The van der Waals surface area contributed by atoms with Crippen molar-refractivity contribution in [3.05, 3.63) is 182 Å². The van der Waals surface area contributed by atoms with Gasteiger partial charge in [-0.2, -0.15) is 0 Å². The van der Waals surface area contributed by atoms with Crippen molar-refractivity contribution in [2.75, 3.05) is 0 Å². The third-order valence-corrected chi connectivity index (χ3v) is 10.4. The van der Waals surface area contributed by atoms with Gasteiger partial charge >= 0.3 is 0 Å². The summed E-state index contributed by atoms with van der Waals surface area (Å²) in [4.78, 5) is 19.8. The highest BCUT2D eigenvalue weighted by atomic mass is 16.3. The average molecular weight is 719 g/mol. The van der Waals surface area contributed by atoms with Gasteiger partial charge in [0.05, 0.1) is 0 Å². The van der Waals surface area contributed by atoms with Crippen molar-refractivity contribution in [1.29, 1.82) is 0 Å². The summed E-state index contributed by atoms with van der Waals surface area (Å²) in [5, 5.41) is 4.22. The molecule has 6 heteroatoms. The van der Waals surface area contributed by atoms with Crippen LogP contribution in [0.4, 0.5) is 0 Å². The first kappa shape index (κ1) is 31.8. The zero-order chi connectivity index (χ0) is 37.0. The molecule has 0 saturated carbocycles. The van der Waals surface area contributed by atoms with Crippen molar-refractivity contribution in [3.63, 3.8) is 0 Å². The molecule has 0 aliphatic heterocycles. The Hall–Kier alpha value is -7.70. The molecular formula is C50H30N4O2. The van der Waals surface area contributed by atoms with E-state index in [0.29, 0.717) is 28.9 Å². The summed E-state index contributed by atoms with van der Waals surface area (Å²) in [6.45, 7) is 0. The molecule has 0 spiro atoms. The monoisotopic (exact) mass is 718 g/mol. The van der Waals surface area contributed by atoms with Crippen LogP contribution in [0.25, 0.3) is 112 Å². The van der Waals surface area contributed by atoms with Crippen LogP contribution in [-0.2, 0) is 0 Å². The van der Waals surface area contributed by atoms with Crippen LogP contribution >= 0.6 is 0 Å². The van der Waals surface area contributed by atoms with Crippen LogP contribution in [0.1, 0.15) is 0 Å². The van der Waals surface area contributed by atoms with Gasteiger partial charge in [-0.1, -0.05) is 152 Å². The molecule has 0 aliphatic carbocycles. The molecule has 6 nitrogen and oxygen atoms in total. The van der Waals surface area contributed by atoms with Crippen LogP contribution in [0.5, 0.6) is 0 Å². The van der Waals surface area contributed by atoms with Crippen LogP contribution in [-0.4, -0.2) is 19.9 Å². The molecule has 8 aromatic carbocycles. The van der Waals surface area contributed by atoms with Crippen LogP contribution < -0.4 is 0 Å². The molecule has 0 atom stereocenters. The van der Waals surface area contributed by atoms with Crippen LogP contribution in [0.15, 0.2) is 191 Å². The lowest BCUT2D eigenvalue weighted by atomic mass is 9.98. The molecule has 56 heavy (non-hydrogen) atoms. The lowest BCUT2D eigenvalue weighted by Crippen LogP contribution is -2.00. The molecule has 0 saturated heterocycles. The van der Waals surface area contributed by atoms with E-state index < -0.39 is 0 Å². The predicted octanol–water partition coefficient (Wildman–Crippen LogP) is 13.1. The van der Waals surface area contributed by atoms with Gasteiger partial charge < -0.3 is 8.83 Å². The molecule has 0 unspecified atom stereocenters. The second-order valence-corrected chi connectivity index (χ2v) is 13.8. The maximum Gasteiger partial charge on any atom is 0.227 e. The average Bonchev–Trinajstić information content (AvgIpc) is 3.89. The molecule has 0 fully saturated rings. The minimum atomic E-state index is 0.573. The second-order valence-electron chi connectivity index (χ2n) is 13.8. The van der Waals surface area contributed by atoms with E-state index in [2.05, 4.69) is 97.1 Å². The van der Waals surface area contributed by atoms with Gasteiger partial charge in [-0.3, -0.25) is 0 Å². The number of nitrogens with zero attached hydrogens (tertiary/aromatic N) is 4. The minimum Gasteiger partial charge on any atom is -0.455 e. The van der Waals surface area contributed by atoms with Gasteiger partial charge in [0.1, 0.15) is 16.7 Å². The van der Waals surface area contributed by atoms with E-state index in [1.807, 2.05) is 84.9 Å². The lowest BCUT2D eigenvalue weighted by Gasteiger charge is -2.08.